The first-order valence-corrected chi connectivity index (χ1v) is 10.6. The van der Waals surface area contributed by atoms with Crippen molar-refractivity contribution in [2.45, 2.75) is 56.7 Å². The monoisotopic (exact) mass is 444 g/mol. The molecule has 0 saturated carbocycles. The summed E-state index contributed by atoms with van der Waals surface area (Å²) in [5.41, 5.74) is 12.2. The first-order chi connectivity index (χ1) is 15.3. The molecule has 11 heteroatoms. The van der Waals surface area contributed by atoms with E-state index in [2.05, 4.69) is 15.5 Å². The Kier molecular flexibility index (Phi) is 7.77. The van der Waals surface area contributed by atoms with Crippen molar-refractivity contribution in [1.82, 2.24) is 20.4 Å². The summed E-state index contributed by atoms with van der Waals surface area (Å²) >= 11 is 0. The molecule has 6 N–H and O–H groups in total. The summed E-state index contributed by atoms with van der Waals surface area (Å²) in [5, 5.41) is 16.2. The molecule has 1 aliphatic heterocycles. The van der Waals surface area contributed by atoms with Gasteiger partial charge in [-0.25, -0.2) is 9.59 Å². The SMILES string of the molecule is NC(=O)CCC[C@H](N)c1noc([C@H](Cc2ccccc2)NC(=O)N2CCCC2C(=O)O)n1. The van der Waals surface area contributed by atoms with Crippen molar-refractivity contribution in [2.24, 2.45) is 11.5 Å². The van der Waals surface area contributed by atoms with Crippen LogP contribution in [0.25, 0.3) is 0 Å². The number of amides is 3. The molecule has 1 aromatic carbocycles. The highest BCUT2D eigenvalue weighted by Crippen LogP contribution is 2.23. The lowest BCUT2D eigenvalue weighted by Crippen LogP contribution is -2.47. The summed E-state index contributed by atoms with van der Waals surface area (Å²) in [6.45, 7) is 0.362. The summed E-state index contributed by atoms with van der Waals surface area (Å²) in [5.74, 6) is -0.993. The van der Waals surface area contributed by atoms with Gasteiger partial charge in [-0.15, -0.1) is 0 Å². The number of aliphatic carboxylic acids is 1. The van der Waals surface area contributed by atoms with Crippen LogP contribution in [0.1, 0.15) is 61.5 Å². The van der Waals surface area contributed by atoms with Gasteiger partial charge in [-0.05, 0) is 31.2 Å². The second-order valence-electron chi connectivity index (χ2n) is 7.84. The van der Waals surface area contributed by atoms with Crippen molar-refractivity contribution in [3.05, 3.63) is 47.6 Å². The third kappa shape index (κ3) is 6.03. The third-order valence-electron chi connectivity index (χ3n) is 5.40. The Bertz CT molecular complexity index is 934. The zero-order valence-electron chi connectivity index (χ0n) is 17.6. The van der Waals surface area contributed by atoms with E-state index in [-0.39, 0.29) is 18.1 Å². The van der Waals surface area contributed by atoms with E-state index in [0.717, 1.165) is 5.56 Å². The average Bonchev–Trinajstić information content (AvgIpc) is 3.44. The average molecular weight is 444 g/mol. The van der Waals surface area contributed by atoms with Crippen LogP contribution in [0.15, 0.2) is 34.9 Å². The van der Waals surface area contributed by atoms with Gasteiger partial charge in [0.1, 0.15) is 12.1 Å². The van der Waals surface area contributed by atoms with Gasteiger partial charge >= 0.3 is 12.0 Å². The number of carboxylic acids is 1. The van der Waals surface area contributed by atoms with E-state index < -0.39 is 36.0 Å². The maximum atomic E-state index is 12.9. The number of nitrogens with zero attached hydrogens (tertiary/aromatic N) is 3. The number of primary amides is 1. The third-order valence-corrected chi connectivity index (χ3v) is 5.40. The number of nitrogens with one attached hydrogen (secondary N) is 1. The van der Waals surface area contributed by atoms with Crippen molar-refractivity contribution < 1.29 is 24.0 Å². The number of hydrogen-bond donors (Lipinski definition) is 4. The summed E-state index contributed by atoms with van der Waals surface area (Å²) in [6.07, 6.45) is 2.57. The fourth-order valence-electron chi connectivity index (χ4n) is 3.71. The van der Waals surface area contributed by atoms with E-state index in [0.29, 0.717) is 38.6 Å². The van der Waals surface area contributed by atoms with E-state index in [9.17, 15) is 19.5 Å². The second kappa shape index (κ2) is 10.7. The van der Waals surface area contributed by atoms with Gasteiger partial charge in [-0.2, -0.15) is 4.98 Å². The first kappa shape index (κ1) is 23.2. The van der Waals surface area contributed by atoms with Crippen LogP contribution in [0.2, 0.25) is 0 Å². The molecule has 0 aliphatic carbocycles. The van der Waals surface area contributed by atoms with Crippen LogP contribution in [0.5, 0.6) is 0 Å². The molecule has 1 unspecified atom stereocenters. The molecule has 11 nitrogen and oxygen atoms in total. The number of carboxylic acid groups (broad SMARTS) is 1. The van der Waals surface area contributed by atoms with Crippen LogP contribution in [-0.4, -0.2) is 50.6 Å². The molecule has 3 amide bonds. The number of hydrogen-bond acceptors (Lipinski definition) is 7. The molecule has 3 atom stereocenters. The zero-order chi connectivity index (χ0) is 23.1. The molecule has 32 heavy (non-hydrogen) atoms. The van der Waals surface area contributed by atoms with Crippen molar-refractivity contribution in [3.8, 4) is 0 Å². The predicted molar refractivity (Wildman–Crippen MR) is 113 cm³/mol. The lowest BCUT2D eigenvalue weighted by atomic mass is 10.1. The van der Waals surface area contributed by atoms with Crippen molar-refractivity contribution in [1.29, 1.82) is 0 Å². The van der Waals surface area contributed by atoms with Crippen LogP contribution in [0, 0.1) is 0 Å². The minimum atomic E-state index is -1.03. The normalized spacial score (nSPS) is 17.7. The number of benzene rings is 1. The number of likely N-dealkylation sites (tertiary alicyclic amines) is 1. The quantitative estimate of drug-likeness (QED) is 0.423. The molecule has 2 heterocycles. The topological polar surface area (TPSA) is 178 Å². The fraction of sp³-hybridized carbons (Fsp3) is 0.476. The Morgan fingerprint density at radius 3 is 2.72 bits per heavy atom. The predicted octanol–water partition coefficient (Wildman–Crippen LogP) is 1.27. The number of rotatable bonds is 10. The van der Waals surface area contributed by atoms with Gasteiger partial charge in [-0.1, -0.05) is 35.5 Å². The van der Waals surface area contributed by atoms with Crippen molar-refractivity contribution in [3.63, 3.8) is 0 Å². The van der Waals surface area contributed by atoms with Crippen LogP contribution < -0.4 is 16.8 Å². The van der Waals surface area contributed by atoms with E-state index in [1.165, 1.54) is 4.90 Å². The standard InChI is InChI=1S/C21H28N6O5/c22-14(8-4-10-17(23)28)18-25-19(32-26-18)15(12-13-6-2-1-3-7-13)24-21(31)27-11-5-9-16(27)20(29)30/h1-3,6-7,14-16H,4-5,8-12,22H2,(H2,23,28)(H,24,31)(H,29,30)/t14-,15-,16?/m0/s1. The smallest absolute Gasteiger partial charge is 0.326 e. The highest BCUT2D eigenvalue weighted by molar-refractivity contribution is 5.83. The van der Waals surface area contributed by atoms with E-state index in [1.54, 1.807) is 0 Å². The summed E-state index contributed by atoms with van der Waals surface area (Å²) in [6, 6.07) is 6.88. The van der Waals surface area contributed by atoms with Gasteiger partial charge in [0.05, 0.1) is 6.04 Å². The molecule has 3 rings (SSSR count). The number of aromatic nitrogens is 2. The van der Waals surface area contributed by atoms with Crippen LogP contribution >= 0.6 is 0 Å². The number of nitrogens with two attached hydrogens (primary N) is 2. The highest BCUT2D eigenvalue weighted by Gasteiger charge is 2.35. The van der Waals surface area contributed by atoms with Crippen molar-refractivity contribution in [2.75, 3.05) is 6.54 Å². The van der Waals surface area contributed by atoms with Gasteiger partial charge in [0.25, 0.3) is 0 Å². The molecule has 2 aromatic rings. The Hall–Kier alpha value is -3.47. The Balaban J connectivity index is 1.74. The van der Waals surface area contributed by atoms with E-state index >= 15 is 0 Å². The Morgan fingerprint density at radius 2 is 2.03 bits per heavy atom. The first-order valence-electron chi connectivity index (χ1n) is 10.6. The fourth-order valence-corrected chi connectivity index (χ4v) is 3.71. The van der Waals surface area contributed by atoms with Gasteiger partial charge in [0, 0.05) is 19.4 Å². The largest absolute Gasteiger partial charge is 0.480 e. The Labute approximate surface area is 185 Å². The minimum absolute atomic E-state index is 0.175. The number of carbonyl (C=O) groups excluding carboxylic acids is 2. The molecular formula is C21H28N6O5. The molecule has 1 aliphatic rings. The molecule has 1 fully saturated rings. The second-order valence-corrected chi connectivity index (χ2v) is 7.84. The van der Waals surface area contributed by atoms with Crippen molar-refractivity contribution >= 4 is 17.9 Å². The van der Waals surface area contributed by atoms with Gasteiger partial charge in [0.2, 0.25) is 11.8 Å². The Morgan fingerprint density at radius 1 is 1.28 bits per heavy atom. The van der Waals surface area contributed by atoms with E-state index in [4.69, 9.17) is 16.0 Å². The lowest BCUT2D eigenvalue weighted by Gasteiger charge is -2.24. The highest BCUT2D eigenvalue weighted by atomic mass is 16.5. The minimum Gasteiger partial charge on any atom is -0.480 e. The zero-order valence-corrected chi connectivity index (χ0v) is 17.6. The lowest BCUT2D eigenvalue weighted by molar-refractivity contribution is -0.141. The van der Waals surface area contributed by atoms with Gasteiger partial charge in [-0.3, -0.25) is 4.79 Å². The molecule has 0 radical (unpaired) electrons. The molecule has 1 saturated heterocycles. The molecule has 0 spiro atoms. The van der Waals surface area contributed by atoms with Gasteiger partial charge in [0.15, 0.2) is 5.82 Å². The number of urea groups is 1. The van der Waals surface area contributed by atoms with E-state index in [1.807, 2.05) is 30.3 Å². The summed E-state index contributed by atoms with van der Waals surface area (Å²) in [4.78, 5) is 40.9. The number of carbonyl (C=O) groups is 3. The van der Waals surface area contributed by atoms with Gasteiger partial charge < -0.3 is 31.3 Å². The molecule has 0 bridgehead atoms. The van der Waals surface area contributed by atoms with Crippen LogP contribution in [0.4, 0.5) is 4.79 Å². The summed E-state index contributed by atoms with van der Waals surface area (Å²) in [7, 11) is 0. The molecular weight excluding hydrogens is 416 g/mol. The summed E-state index contributed by atoms with van der Waals surface area (Å²) < 4.78 is 5.40. The molecule has 1 aromatic heterocycles. The maximum absolute atomic E-state index is 12.9. The van der Waals surface area contributed by atoms with Crippen LogP contribution in [0.3, 0.4) is 0 Å². The van der Waals surface area contributed by atoms with Crippen LogP contribution in [-0.2, 0) is 16.0 Å². The maximum Gasteiger partial charge on any atom is 0.326 e. The molecule has 172 valence electrons.